The lowest BCUT2D eigenvalue weighted by Gasteiger charge is -2.35. The summed E-state index contributed by atoms with van der Waals surface area (Å²) in [5.41, 5.74) is -0.189. The highest BCUT2D eigenvalue weighted by atomic mass is 19.1. The molecule has 0 N–H and O–H groups in total. The molecule has 0 spiro atoms. The molecule has 3 heteroatoms. The van der Waals surface area contributed by atoms with Crippen molar-refractivity contribution in [3.8, 4) is 6.07 Å². The van der Waals surface area contributed by atoms with Crippen molar-refractivity contribution in [1.82, 2.24) is 0 Å². The Labute approximate surface area is 113 Å². The first-order valence-corrected chi connectivity index (χ1v) is 6.94. The second-order valence-corrected chi connectivity index (χ2v) is 5.68. The molecule has 0 saturated heterocycles. The fourth-order valence-corrected chi connectivity index (χ4v) is 3.18. The van der Waals surface area contributed by atoms with E-state index in [0.29, 0.717) is 17.9 Å². The largest absolute Gasteiger partial charge is 0.207 e. The lowest BCUT2D eigenvalue weighted by molar-refractivity contribution is 0.192. The van der Waals surface area contributed by atoms with E-state index in [-0.39, 0.29) is 0 Å². The van der Waals surface area contributed by atoms with Crippen LogP contribution in [0.5, 0.6) is 0 Å². The van der Waals surface area contributed by atoms with Gasteiger partial charge in [-0.25, -0.2) is 8.78 Å². The molecule has 19 heavy (non-hydrogen) atoms. The Balaban J connectivity index is 2.23. The van der Waals surface area contributed by atoms with Crippen LogP contribution >= 0.6 is 0 Å². The Morgan fingerprint density at radius 3 is 2.89 bits per heavy atom. The second-order valence-electron chi connectivity index (χ2n) is 5.68. The predicted octanol–water partition coefficient (Wildman–Crippen LogP) is 4.62. The van der Waals surface area contributed by atoms with Gasteiger partial charge < -0.3 is 0 Å². The third-order valence-electron chi connectivity index (χ3n) is 4.30. The van der Waals surface area contributed by atoms with E-state index in [9.17, 15) is 14.0 Å². The zero-order chi connectivity index (χ0) is 13.9. The van der Waals surface area contributed by atoms with E-state index in [2.05, 4.69) is 13.0 Å². The molecule has 1 aromatic rings. The van der Waals surface area contributed by atoms with Crippen LogP contribution in [0.1, 0.15) is 44.6 Å². The molecule has 1 saturated carbocycles. The van der Waals surface area contributed by atoms with Gasteiger partial charge in [0, 0.05) is 0 Å². The Hall–Kier alpha value is -1.43. The van der Waals surface area contributed by atoms with E-state index in [1.807, 2.05) is 0 Å². The number of nitrogens with zero attached hydrogens (tertiary/aromatic N) is 1. The molecule has 1 nitrogen and oxygen atoms in total. The molecule has 2 atom stereocenters. The van der Waals surface area contributed by atoms with Crippen LogP contribution in [0, 0.1) is 34.3 Å². The molecule has 0 aliphatic heterocycles. The Bertz CT molecular complexity index is 492. The van der Waals surface area contributed by atoms with Crippen molar-refractivity contribution in [3.05, 3.63) is 35.4 Å². The number of nitriles is 1. The summed E-state index contributed by atoms with van der Waals surface area (Å²) in [6, 6.07) is 5.88. The van der Waals surface area contributed by atoms with Gasteiger partial charge in [0.25, 0.3) is 0 Å². The highest BCUT2D eigenvalue weighted by molar-refractivity contribution is 5.23. The zero-order valence-electron chi connectivity index (χ0n) is 11.3. The minimum atomic E-state index is -0.520. The van der Waals surface area contributed by atoms with E-state index in [1.165, 1.54) is 6.07 Å². The molecule has 102 valence electrons. The fraction of sp³-hybridized carbons (Fsp3) is 0.562. The molecule has 0 bridgehead atoms. The van der Waals surface area contributed by atoms with Crippen molar-refractivity contribution in [2.45, 2.75) is 45.4 Å². The van der Waals surface area contributed by atoms with Gasteiger partial charge in [0.05, 0.1) is 11.5 Å². The molecule has 1 aliphatic carbocycles. The zero-order valence-corrected chi connectivity index (χ0v) is 11.3. The summed E-state index contributed by atoms with van der Waals surface area (Å²) in [6.45, 7) is 2.13. The lowest BCUT2D eigenvalue weighted by Crippen LogP contribution is -2.29. The maximum absolute atomic E-state index is 13.7. The summed E-state index contributed by atoms with van der Waals surface area (Å²) >= 11 is 0. The third kappa shape index (κ3) is 3.12. The summed E-state index contributed by atoms with van der Waals surface area (Å²) in [5, 5.41) is 9.51. The minimum absolute atomic E-state index is 0.323. The van der Waals surface area contributed by atoms with Crippen molar-refractivity contribution in [1.29, 1.82) is 5.26 Å². The normalized spacial score (nSPS) is 26.9. The first-order chi connectivity index (χ1) is 9.08. The van der Waals surface area contributed by atoms with Gasteiger partial charge in [-0.15, -0.1) is 0 Å². The average Bonchev–Trinajstić information content (AvgIpc) is 2.43. The van der Waals surface area contributed by atoms with E-state index < -0.39 is 17.0 Å². The van der Waals surface area contributed by atoms with Crippen LogP contribution < -0.4 is 0 Å². The quantitative estimate of drug-likeness (QED) is 0.780. The van der Waals surface area contributed by atoms with Crippen LogP contribution in [0.2, 0.25) is 0 Å². The highest BCUT2D eigenvalue weighted by Gasteiger charge is 2.36. The molecular weight excluding hydrogens is 244 g/mol. The smallest absolute Gasteiger partial charge is 0.126 e. The van der Waals surface area contributed by atoms with Gasteiger partial charge >= 0.3 is 0 Å². The molecule has 1 fully saturated rings. The summed E-state index contributed by atoms with van der Waals surface area (Å²) in [7, 11) is 0. The molecule has 0 radical (unpaired) electrons. The summed E-state index contributed by atoms with van der Waals surface area (Å²) in [4.78, 5) is 0. The van der Waals surface area contributed by atoms with E-state index in [4.69, 9.17) is 0 Å². The predicted molar refractivity (Wildman–Crippen MR) is 70.4 cm³/mol. The van der Waals surface area contributed by atoms with Crippen LogP contribution in [-0.4, -0.2) is 0 Å². The van der Waals surface area contributed by atoms with Crippen LogP contribution in [0.4, 0.5) is 8.78 Å². The van der Waals surface area contributed by atoms with Crippen molar-refractivity contribution in [2.24, 2.45) is 11.3 Å². The molecule has 1 aromatic carbocycles. The Morgan fingerprint density at radius 2 is 2.21 bits per heavy atom. The summed E-state index contributed by atoms with van der Waals surface area (Å²) in [5.74, 6) is -0.313. The van der Waals surface area contributed by atoms with Crippen LogP contribution in [0.15, 0.2) is 18.2 Å². The van der Waals surface area contributed by atoms with Gasteiger partial charge in [0.15, 0.2) is 0 Å². The van der Waals surface area contributed by atoms with E-state index in [0.717, 1.165) is 44.2 Å². The summed E-state index contributed by atoms with van der Waals surface area (Å²) < 4.78 is 27.0. The highest BCUT2D eigenvalue weighted by Crippen LogP contribution is 2.42. The van der Waals surface area contributed by atoms with Crippen LogP contribution in [0.25, 0.3) is 0 Å². The lowest BCUT2D eigenvalue weighted by atomic mass is 9.67. The molecule has 0 heterocycles. The second kappa shape index (κ2) is 5.69. The van der Waals surface area contributed by atoms with E-state index in [1.54, 1.807) is 0 Å². The van der Waals surface area contributed by atoms with Crippen molar-refractivity contribution in [3.63, 3.8) is 0 Å². The SMILES string of the molecule is CCC1CCCC(C#N)(Cc2cc(F)ccc2F)C1. The molecule has 0 amide bonds. The number of hydrogen-bond acceptors (Lipinski definition) is 1. The topological polar surface area (TPSA) is 23.8 Å². The van der Waals surface area contributed by atoms with E-state index >= 15 is 0 Å². The van der Waals surface area contributed by atoms with Gasteiger partial charge in [-0.1, -0.05) is 26.2 Å². The molecular formula is C16H19F2N. The van der Waals surface area contributed by atoms with Crippen molar-refractivity contribution < 1.29 is 8.78 Å². The molecule has 0 aromatic heterocycles. The number of benzene rings is 1. The van der Waals surface area contributed by atoms with Crippen LogP contribution in [-0.2, 0) is 6.42 Å². The third-order valence-corrected chi connectivity index (χ3v) is 4.30. The maximum Gasteiger partial charge on any atom is 0.126 e. The summed E-state index contributed by atoms with van der Waals surface area (Å²) in [6.07, 6.45) is 5.11. The number of halogens is 2. The van der Waals surface area contributed by atoms with Crippen molar-refractivity contribution >= 4 is 0 Å². The van der Waals surface area contributed by atoms with Gasteiger partial charge in [-0.05, 0) is 48.9 Å². The minimum Gasteiger partial charge on any atom is -0.207 e. The van der Waals surface area contributed by atoms with Gasteiger partial charge in [-0.2, -0.15) is 5.26 Å². The Morgan fingerprint density at radius 1 is 1.42 bits per heavy atom. The van der Waals surface area contributed by atoms with Crippen molar-refractivity contribution in [2.75, 3.05) is 0 Å². The average molecular weight is 263 g/mol. The number of hydrogen-bond donors (Lipinski definition) is 0. The first kappa shape index (κ1) is 14.0. The van der Waals surface area contributed by atoms with Crippen LogP contribution in [0.3, 0.4) is 0 Å². The standard InChI is InChI=1S/C16H19F2N/c1-2-12-4-3-7-16(9-12,11-19)10-13-8-14(17)5-6-15(13)18/h5-6,8,12H,2-4,7,9-10H2,1H3. The monoisotopic (exact) mass is 263 g/mol. The van der Waals surface area contributed by atoms with Gasteiger partial charge in [0.1, 0.15) is 11.6 Å². The molecule has 2 unspecified atom stereocenters. The molecule has 1 aliphatic rings. The maximum atomic E-state index is 13.7. The van der Waals surface area contributed by atoms with Gasteiger partial charge in [0.2, 0.25) is 0 Å². The fourth-order valence-electron chi connectivity index (χ4n) is 3.18. The number of rotatable bonds is 3. The molecule has 2 rings (SSSR count). The first-order valence-electron chi connectivity index (χ1n) is 6.94. The Kier molecular flexibility index (Phi) is 4.19. The van der Waals surface area contributed by atoms with Gasteiger partial charge in [-0.3, -0.25) is 0 Å².